The number of rotatable bonds is 7. The van der Waals surface area contributed by atoms with Crippen LogP contribution in [0.1, 0.15) is 17.7 Å². The van der Waals surface area contributed by atoms with Crippen LogP contribution in [-0.2, 0) is 11.3 Å². The predicted molar refractivity (Wildman–Crippen MR) is 71.7 cm³/mol. The first kappa shape index (κ1) is 14.0. The monoisotopic (exact) mass is 271 g/mol. The third-order valence-corrected chi connectivity index (χ3v) is 4.14. The molecule has 1 aromatic heterocycles. The molecule has 0 amide bonds. The molecule has 18 heavy (non-hydrogen) atoms. The standard InChI is InChI=1S/C13H21NO3S/c15-8-11-3-1-5-14(11)7-12(16)9-17-10-13-4-2-6-18-13/h2,4,6,11-12,15-16H,1,3,5,7-10H2. The van der Waals surface area contributed by atoms with Crippen molar-refractivity contribution in [1.82, 2.24) is 4.90 Å². The molecule has 1 aromatic rings. The van der Waals surface area contributed by atoms with Crippen LogP contribution in [0.4, 0.5) is 0 Å². The lowest BCUT2D eigenvalue weighted by atomic mass is 10.2. The first-order valence-corrected chi connectivity index (χ1v) is 7.30. The summed E-state index contributed by atoms with van der Waals surface area (Å²) in [4.78, 5) is 3.33. The second-order valence-corrected chi connectivity index (χ2v) is 5.75. The molecule has 4 nitrogen and oxygen atoms in total. The van der Waals surface area contributed by atoms with Crippen LogP contribution < -0.4 is 0 Å². The molecule has 2 unspecified atom stereocenters. The van der Waals surface area contributed by atoms with Gasteiger partial charge in [-0.3, -0.25) is 4.90 Å². The second-order valence-electron chi connectivity index (χ2n) is 4.72. The van der Waals surface area contributed by atoms with Crippen molar-refractivity contribution in [3.8, 4) is 0 Å². The van der Waals surface area contributed by atoms with E-state index >= 15 is 0 Å². The smallest absolute Gasteiger partial charge is 0.0900 e. The van der Waals surface area contributed by atoms with E-state index in [2.05, 4.69) is 4.90 Å². The van der Waals surface area contributed by atoms with Crippen LogP contribution in [0.15, 0.2) is 17.5 Å². The normalized spacial score (nSPS) is 22.4. The molecule has 102 valence electrons. The van der Waals surface area contributed by atoms with Gasteiger partial charge in [-0.2, -0.15) is 0 Å². The minimum absolute atomic E-state index is 0.183. The third kappa shape index (κ3) is 4.03. The van der Waals surface area contributed by atoms with Crippen molar-refractivity contribution in [2.75, 3.05) is 26.3 Å². The highest BCUT2D eigenvalue weighted by atomic mass is 32.1. The zero-order chi connectivity index (χ0) is 12.8. The SMILES string of the molecule is OCC1CCCN1CC(O)COCc1cccs1. The van der Waals surface area contributed by atoms with Crippen LogP contribution in [0.3, 0.4) is 0 Å². The fourth-order valence-electron chi connectivity index (χ4n) is 2.36. The molecule has 0 spiro atoms. The highest BCUT2D eigenvalue weighted by Gasteiger charge is 2.25. The summed E-state index contributed by atoms with van der Waals surface area (Å²) in [6.07, 6.45) is 1.66. The second kappa shape index (κ2) is 7.21. The zero-order valence-electron chi connectivity index (χ0n) is 10.5. The minimum atomic E-state index is -0.475. The van der Waals surface area contributed by atoms with Gasteiger partial charge < -0.3 is 14.9 Å². The van der Waals surface area contributed by atoms with Crippen LogP contribution in [0.25, 0.3) is 0 Å². The summed E-state index contributed by atoms with van der Waals surface area (Å²) in [5.41, 5.74) is 0. The summed E-state index contributed by atoms with van der Waals surface area (Å²) < 4.78 is 5.49. The Kier molecular flexibility index (Phi) is 5.59. The first-order chi connectivity index (χ1) is 8.79. The van der Waals surface area contributed by atoms with Crippen molar-refractivity contribution in [1.29, 1.82) is 0 Å². The number of β-amino-alcohol motifs (C(OH)–C–C–N with tert-alkyl or cyclic N) is 1. The van der Waals surface area contributed by atoms with Crippen molar-refractivity contribution in [3.63, 3.8) is 0 Å². The van der Waals surface area contributed by atoms with Gasteiger partial charge in [-0.1, -0.05) is 6.07 Å². The Morgan fingerprint density at radius 2 is 2.44 bits per heavy atom. The lowest BCUT2D eigenvalue weighted by Gasteiger charge is -2.25. The number of hydrogen-bond donors (Lipinski definition) is 2. The quantitative estimate of drug-likeness (QED) is 0.779. The number of nitrogens with zero attached hydrogens (tertiary/aromatic N) is 1. The van der Waals surface area contributed by atoms with Gasteiger partial charge >= 0.3 is 0 Å². The summed E-state index contributed by atoms with van der Waals surface area (Å²) in [7, 11) is 0. The summed E-state index contributed by atoms with van der Waals surface area (Å²) in [5.74, 6) is 0. The van der Waals surface area contributed by atoms with E-state index in [1.165, 1.54) is 4.88 Å². The fraction of sp³-hybridized carbons (Fsp3) is 0.692. The molecule has 0 bridgehead atoms. The fourth-order valence-corrected chi connectivity index (χ4v) is 3.00. The third-order valence-electron chi connectivity index (χ3n) is 3.29. The van der Waals surface area contributed by atoms with E-state index in [9.17, 15) is 10.2 Å². The molecule has 2 rings (SSSR count). The van der Waals surface area contributed by atoms with Gasteiger partial charge in [0.25, 0.3) is 0 Å². The maximum atomic E-state index is 9.91. The Bertz CT molecular complexity index is 331. The minimum Gasteiger partial charge on any atom is -0.395 e. The molecule has 0 saturated carbocycles. The molecule has 1 fully saturated rings. The van der Waals surface area contributed by atoms with Gasteiger partial charge in [0.1, 0.15) is 0 Å². The molecule has 2 atom stereocenters. The Balaban J connectivity index is 1.64. The molecule has 1 aliphatic heterocycles. The lowest BCUT2D eigenvalue weighted by molar-refractivity contribution is 0.00474. The van der Waals surface area contributed by atoms with Crippen molar-refractivity contribution in [3.05, 3.63) is 22.4 Å². The Morgan fingerprint density at radius 3 is 3.17 bits per heavy atom. The highest BCUT2D eigenvalue weighted by Crippen LogP contribution is 2.17. The topological polar surface area (TPSA) is 52.9 Å². The number of ether oxygens (including phenoxy) is 1. The van der Waals surface area contributed by atoms with E-state index in [0.29, 0.717) is 19.8 Å². The van der Waals surface area contributed by atoms with E-state index in [-0.39, 0.29) is 12.6 Å². The van der Waals surface area contributed by atoms with E-state index in [1.807, 2.05) is 17.5 Å². The van der Waals surface area contributed by atoms with Crippen molar-refractivity contribution in [2.45, 2.75) is 31.6 Å². The maximum Gasteiger partial charge on any atom is 0.0900 e. The van der Waals surface area contributed by atoms with E-state index in [4.69, 9.17) is 4.74 Å². The van der Waals surface area contributed by atoms with Gasteiger partial charge in [0.05, 0.1) is 25.9 Å². The summed E-state index contributed by atoms with van der Waals surface area (Å²) >= 11 is 1.66. The molecule has 0 radical (unpaired) electrons. The summed E-state index contributed by atoms with van der Waals surface area (Å²) in [6.45, 7) is 2.66. The molecule has 1 saturated heterocycles. The lowest BCUT2D eigenvalue weighted by Crippen LogP contribution is -2.39. The Morgan fingerprint density at radius 1 is 1.56 bits per heavy atom. The van der Waals surface area contributed by atoms with Crippen molar-refractivity contribution in [2.24, 2.45) is 0 Å². The molecule has 2 N–H and O–H groups in total. The van der Waals surface area contributed by atoms with Gasteiger partial charge in [-0.25, -0.2) is 0 Å². The first-order valence-electron chi connectivity index (χ1n) is 6.42. The summed E-state index contributed by atoms with van der Waals surface area (Å²) in [6, 6.07) is 4.24. The van der Waals surface area contributed by atoms with Crippen LogP contribution in [0.2, 0.25) is 0 Å². The number of aliphatic hydroxyl groups is 2. The molecule has 1 aliphatic rings. The average molecular weight is 271 g/mol. The molecular formula is C13H21NO3S. The Hall–Kier alpha value is -0.460. The van der Waals surface area contributed by atoms with Crippen molar-refractivity contribution >= 4 is 11.3 Å². The number of likely N-dealkylation sites (tertiary alicyclic amines) is 1. The largest absolute Gasteiger partial charge is 0.395 e. The van der Waals surface area contributed by atoms with Gasteiger partial charge in [0.15, 0.2) is 0 Å². The zero-order valence-corrected chi connectivity index (χ0v) is 11.3. The van der Waals surface area contributed by atoms with Gasteiger partial charge in [-0.15, -0.1) is 11.3 Å². The highest BCUT2D eigenvalue weighted by molar-refractivity contribution is 7.09. The van der Waals surface area contributed by atoms with Crippen LogP contribution in [-0.4, -0.2) is 53.6 Å². The predicted octanol–water partition coefficient (Wildman–Crippen LogP) is 1.08. The number of hydrogen-bond acceptors (Lipinski definition) is 5. The number of aliphatic hydroxyl groups excluding tert-OH is 2. The van der Waals surface area contributed by atoms with Crippen LogP contribution in [0.5, 0.6) is 0 Å². The van der Waals surface area contributed by atoms with Crippen LogP contribution >= 0.6 is 11.3 Å². The van der Waals surface area contributed by atoms with E-state index in [0.717, 1.165) is 19.4 Å². The molecule has 5 heteroatoms. The van der Waals surface area contributed by atoms with Crippen molar-refractivity contribution < 1.29 is 14.9 Å². The molecular weight excluding hydrogens is 250 g/mol. The van der Waals surface area contributed by atoms with Gasteiger partial charge in [0.2, 0.25) is 0 Å². The molecule has 0 aliphatic carbocycles. The van der Waals surface area contributed by atoms with E-state index < -0.39 is 6.10 Å². The molecule has 2 heterocycles. The van der Waals surface area contributed by atoms with Crippen LogP contribution in [0, 0.1) is 0 Å². The summed E-state index contributed by atoms with van der Waals surface area (Å²) in [5, 5.41) is 21.1. The average Bonchev–Trinajstić information content (AvgIpc) is 3.00. The van der Waals surface area contributed by atoms with Gasteiger partial charge in [-0.05, 0) is 30.8 Å². The molecule has 0 aromatic carbocycles. The Labute approximate surface area is 112 Å². The number of thiophene rings is 1. The van der Waals surface area contributed by atoms with E-state index in [1.54, 1.807) is 11.3 Å². The maximum absolute atomic E-state index is 9.91. The van der Waals surface area contributed by atoms with Gasteiger partial charge in [0, 0.05) is 17.5 Å².